The molecular formula is C17H17F3N4O3. The fourth-order valence-corrected chi connectivity index (χ4v) is 2.77. The van der Waals surface area contributed by atoms with Crippen molar-refractivity contribution in [1.29, 1.82) is 0 Å². The number of halogens is 3. The molecule has 0 amide bonds. The van der Waals surface area contributed by atoms with Crippen LogP contribution < -0.4 is 9.47 Å². The zero-order chi connectivity index (χ0) is 19.8. The van der Waals surface area contributed by atoms with E-state index in [4.69, 9.17) is 9.47 Å². The molecule has 0 aliphatic heterocycles. The quantitative estimate of drug-likeness (QED) is 0.731. The van der Waals surface area contributed by atoms with Crippen molar-refractivity contribution in [2.75, 3.05) is 14.2 Å². The average Bonchev–Trinajstić information content (AvgIpc) is 3.04. The lowest BCUT2D eigenvalue weighted by Crippen LogP contribution is -2.11. The molecule has 0 bridgehead atoms. The highest BCUT2D eigenvalue weighted by molar-refractivity contribution is 5.84. The van der Waals surface area contributed by atoms with Gasteiger partial charge in [-0.15, -0.1) is 0 Å². The van der Waals surface area contributed by atoms with E-state index >= 15 is 0 Å². The van der Waals surface area contributed by atoms with Gasteiger partial charge in [0.2, 0.25) is 5.88 Å². The molecule has 10 heteroatoms. The Balaban J connectivity index is 2.13. The van der Waals surface area contributed by atoms with E-state index in [1.54, 1.807) is 6.92 Å². The summed E-state index contributed by atoms with van der Waals surface area (Å²) in [6, 6.07) is 4.38. The number of aliphatic hydroxyl groups is 1. The molecule has 0 radical (unpaired) electrons. The van der Waals surface area contributed by atoms with Gasteiger partial charge in [-0.3, -0.25) is 0 Å². The van der Waals surface area contributed by atoms with E-state index in [0.29, 0.717) is 22.3 Å². The van der Waals surface area contributed by atoms with Gasteiger partial charge in [-0.2, -0.15) is 28.2 Å². The third kappa shape index (κ3) is 3.39. The normalized spacial score (nSPS) is 13.0. The lowest BCUT2D eigenvalue weighted by atomic mass is 10.1. The number of fused-ring (bicyclic) bond motifs is 1. The molecule has 0 spiro atoms. The van der Waals surface area contributed by atoms with Crippen molar-refractivity contribution in [3.05, 3.63) is 41.1 Å². The number of alkyl halides is 3. The summed E-state index contributed by atoms with van der Waals surface area (Å²) in [6.07, 6.45) is -4.40. The smallest absolute Gasteiger partial charge is 0.416 e. The van der Waals surface area contributed by atoms with Crippen LogP contribution in [0.5, 0.6) is 11.9 Å². The predicted molar refractivity (Wildman–Crippen MR) is 89.6 cm³/mol. The highest BCUT2D eigenvalue weighted by atomic mass is 19.4. The van der Waals surface area contributed by atoms with Crippen molar-refractivity contribution < 1.29 is 27.8 Å². The molecule has 3 aromatic rings. The molecule has 0 aliphatic rings. The highest BCUT2D eigenvalue weighted by Gasteiger charge is 2.30. The molecule has 1 unspecified atom stereocenters. The molecule has 3 rings (SSSR count). The number of benzene rings is 1. The Morgan fingerprint density at radius 1 is 1.11 bits per heavy atom. The summed E-state index contributed by atoms with van der Waals surface area (Å²) in [5, 5.41) is 14.4. The van der Waals surface area contributed by atoms with Gasteiger partial charge >= 0.3 is 12.2 Å². The average molecular weight is 382 g/mol. The fourth-order valence-electron chi connectivity index (χ4n) is 2.77. The van der Waals surface area contributed by atoms with Gasteiger partial charge in [0.15, 0.2) is 5.65 Å². The maximum Gasteiger partial charge on any atom is 0.416 e. The van der Waals surface area contributed by atoms with E-state index in [1.807, 2.05) is 0 Å². The molecule has 1 aromatic carbocycles. The third-order valence-corrected chi connectivity index (χ3v) is 4.18. The van der Waals surface area contributed by atoms with Crippen molar-refractivity contribution in [3.63, 3.8) is 0 Å². The van der Waals surface area contributed by atoms with Crippen LogP contribution in [0.3, 0.4) is 0 Å². The summed E-state index contributed by atoms with van der Waals surface area (Å²) >= 11 is 0. The zero-order valence-electron chi connectivity index (χ0n) is 14.8. The van der Waals surface area contributed by atoms with Crippen LogP contribution in [0.15, 0.2) is 24.3 Å². The first-order valence-corrected chi connectivity index (χ1v) is 7.95. The number of aromatic nitrogens is 4. The van der Waals surface area contributed by atoms with Crippen LogP contribution in [0.4, 0.5) is 13.2 Å². The number of methoxy groups -OCH3 is 2. The molecular weight excluding hydrogens is 365 g/mol. The molecule has 0 saturated carbocycles. The minimum Gasteiger partial charge on any atom is -0.480 e. The summed E-state index contributed by atoms with van der Waals surface area (Å²) < 4.78 is 50.1. The molecule has 2 aromatic heterocycles. The second-order valence-corrected chi connectivity index (χ2v) is 5.76. The van der Waals surface area contributed by atoms with Gasteiger partial charge < -0.3 is 14.6 Å². The highest BCUT2D eigenvalue weighted by Crippen LogP contribution is 2.33. The van der Waals surface area contributed by atoms with E-state index in [9.17, 15) is 18.3 Å². The van der Waals surface area contributed by atoms with Gasteiger partial charge in [0.25, 0.3) is 0 Å². The molecule has 0 saturated heterocycles. The van der Waals surface area contributed by atoms with Crippen molar-refractivity contribution >= 4 is 11.0 Å². The largest absolute Gasteiger partial charge is 0.480 e. The molecule has 2 heterocycles. The molecule has 27 heavy (non-hydrogen) atoms. The van der Waals surface area contributed by atoms with Gasteiger partial charge in [-0.25, -0.2) is 4.68 Å². The second kappa shape index (κ2) is 7.03. The summed E-state index contributed by atoms with van der Waals surface area (Å²) in [4.78, 5) is 8.36. The number of hydrogen-bond donors (Lipinski definition) is 1. The molecule has 0 aliphatic carbocycles. The second-order valence-electron chi connectivity index (χ2n) is 5.76. The van der Waals surface area contributed by atoms with E-state index in [0.717, 1.165) is 12.1 Å². The van der Waals surface area contributed by atoms with Gasteiger partial charge in [-0.05, 0) is 24.6 Å². The standard InChI is InChI=1S/C17H17F3N4O3/c1-9(10-4-6-11(7-5-10)17(18,19)20)24-14-13(12(8-25)23-24)15(26-2)22-16(21-14)27-3/h4-7,9,25H,8H2,1-3H3. The minimum absolute atomic E-state index is 0.0459. The van der Waals surface area contributed by atoms with Crippen molar-refractivity contribution in [1.82, 2.24) is 19.7 Å². The van der Waals surface area contributed by atoms with Crippen molar-refractivity contribution in [2.24, 2.45) is 0 Å². The Bertz CT molecular complexity index is 955. The van der Waals surface area contributed by atoms with Crippen LogP contribution in [0.2, 0.25) is 0 Å². The predicted octanol–water partition coefficient (Wildman–Crippen LogP) is 2.96. The summed E-state index contributed by atoms with van der Waals surface area (Å²) in [5.74, 6) is 0.187. The lowest BCUT2D eigenvalue weighted by molar-refractivity contribution is -0.137. The summed E-state index contributed by atoms with van der Waals surface area (Å²) in [6.45, 7) is 1.38. The van der Waals surface area contributed by atoms with E-state index in [1.165, 1.54) is 31.0 Å². The fraction of sp³-hybridized carbons (Fsp3) is 0.353. The van der Waals surface area contributed by atoms with Gasteiger partial charge in [0.05, 0.1) is 32.4 Å². The maximum atomic E-state index is 12.8. The van der Waals surface area contributed by atoms with Gasteiger partial charge in [0.1, 0.15) is 11.1 Å². The molecule has 1 N–H and O–H groups in total. The number of nitrogens with zero attached hydrogens (tertiary/aromatic N) is 4. The summed E-state index contributed by atoms with van der Waals surface area (Å²) in [5.41, 5.74) is 0.498. The van der Waals surface area contributed by atoms with Crippen LogP contribution in [0, 0.1) is 0 Å². The van der Waals surface area contributed by atoms with E-state index < -0.39 is 17.8 Å². The van der Waals surface area contributed by atoms with Crippen LogP contribution >= 0.6 is 0 Å². The lowest BCUT2D eigenvalue weighted by Gasteiger charge is -2.15. The first kappa shape index (κ1) is 18.9. The Morgan fingerprint density at radius 3 is 2.30 bits per heavy atom. The number of ether oxygens (including phenoxy) is 2. The molecule has 1 atom stereocenters. The number of aliphatic hydroxyl groups excluding tert-OH is 1. The molecule has 0 fully saturated rings. The van der Waals surface area contributed by atoms with Crippen LogP contribution in [-0.4, -0.2) is 39.1 Å². The Labute approximate surface area is 152 Å². The Kier molecular flexibility index (Phi) is 4.92. The maximum absolute atomic E-state index is 12.8. The van der Waals surface area contributed by atoms with E-state index in [-0.39, 0.29) is 18.5 Å². The first-order valence-electron chi connectivity index (χ1n) is 7.95. The van der Waals surface area contributed by atoms with Gasteiger partial charge in [-0.1, -0.05) is 12.1 Å². The van der Waals surface area contributed by atoms with Gasteiger partial charge in [0, 0.05) is 0 Å². The van der Waals surface area contributed by atoms with Crippen LogP contribution in [0.1, 0.15) is 29.8 Å². The monoisotopic (exact) mass is 382 g/mol. The zero-order valence-corrected chi connectivity index (χ0v) is 14.8. The first-order chi connectivity index (χ1) is 12.8. The third-order valence-electron chi connectivity index (χ3n) is 4.18. The topological polar surface area (TPSA) is 82.3 Å². The van der Waals surface area contributed by atoms with Crippen molar-refractivity contribution in [3.8, 4) is 11.9 Å². The Morgan fingerprint density at radius 2 is 1.78 bits per heavy atom. The minimum atomic E-state index is -4.40. The SMILES string of the molecule is COc1nc(OC)c2c(CO)nn(C(C)c3ccc(C(F)(F)F)cc3)c2n1. The molecule has 7 nitrogen and oxygen atoms in total. The Hall–Kier alpha value is -2.88. The summed E-state index contributed by atoms with van der Waals surface area (Å²) in [7, 11) is 2.81. The number of rotatable bonds is 5. The van der Waals surface area contributed by atoms with Crippen molar-refractivity contribution in [2.45, 2.75) is 25.7 Å². The molecule has 144 valence electrons. The van der Waals surface area contributed by atoms with Crippen LogP contribution in [0.25, 0.3) is 11.0 Å². The van der Waals surface area contributed by atoms with E-state index in [2.05, 4.69) is 15.1 Å². The number of hydrogen-bond acceptors (Lipinski definition) is 6. The van der Waals surface area contributed by atoms with Crippen LogP contribution in [-0.2, 0) is 12.8 Å².